The number of fused-ring (bicyclic) bond motifs is 1. The van der Waals surface area contributed by atoms with E-state index in [1.807, 2.05) is 60.9 Å². The summed E-state index contributed by atoms with van der Waals surface area (Å²) in [6.45, 7) is 4.47. The van der Waals surface area contributed by atoms with Crippen molar-refractivity contribution in [3.63, 3.8) is 0 Å². The standard InChI is InChI=1S/C20H22ClN3O2/c1-3-14(2)22-20(25)12-24-17-10-6-5-9-16(17)23-19(24)13-26-18-11-7-4-8-15(18)21/h4-11,14H,3,12-13H2,1-2H3,(H,22,25). The highest BCUT2D eigenvalue weighted by molar-refractivity contribution is 6.32. The SMILES string of the molecule is CCC(C)NC(=O)Cn1c(COc2ccccc2Cl)nc2ccccc21. The molecule has 1 aromatic heterocycles. The van der Waals surface area contributed by atoms with Gasteiger partial charge in [0.2, 0.25) is 5.91 Å². The topological polar surface area (TPSA) is 56.2 Å². The molecule has 0 aliphatic heterocycles. The van der Waals surface area contributed by atoms with Gasteiger partial charge in [0, 0.05) is 6.04 Å². The van der Waals surface area contributed by atoms with Crippen LogP contribution in [-0.2, 0) is 17.9 Å². The molecular formula is C20H22ClN3O2. The van der Waals surface area contributed by atoms with Crippen molar-refractivity contribution in [3.8, 4) is 5.75 Å². The lowest BCUT2D eigenvalue weighted by atomic mass is 10.2. The van der Waals surface area contributed by atoms with E-state index in [0.29, 0.717) is 16.6 Å². The van der Waals surface area contributed by atoms with E-state index < -0.39 is 0 Å². The second-order valence-corrected chi connectivity index (χ2v) is 6.61. The van der Waals surface area contributed by atoms with E-state index in [1.54, 1.807) is 6.07 Å². The molecule has 0 spiro atoms. The smallest absolute Gasteiger partial charge is 0.240 e. The largest absolute Gasteiger partial charge is 0.484 e. The van der Waals surface area contributed by atoms with Crippen molar-refractivity contribution in [3.05, 3.63) is 59.4 Å². The summed E-state index contributed by atoms with van der Waals surface area (Å²) in [5.74, 6) is 1.24. The number of hydrogen-bond acceptors (Lipinski definition) is 3. The van der Waals surface area contributed by atoms with E-state index in [4.69, 9.17) is 16.3 Å². The summed E-state index contributed by atoms with van der Waals surface area (Å²) in [4.78, 5) is 17.0. The van der Waals surface area contributed by atoms with E-state index in [2.05, 4.69) is 10.3 Å². The zero-order chi connectivity index (χ0) is 18.5. The van der Waals surface area contributed by atoms with Gasteiger partial charge in [-0.1, -0.05) is 42.8 Å². The van der Waals surface area contributed by atoms with Crippen molar-refractivity contribution in [2.24, 2.45) is 0 Å². The fourth-order valence-corrected chi connectivity index (χ4v) is 2.87. The molecule has 1 heterocycles. The molecule has 26 heavy (non-hydrogen) atoms. The number of para-hydroxylation sites is 3. The number of nitrogens with zero attached hydrogens (tertiary/aromatic N) is 2. The Morgan fingerprint density at radius 1 is 1.23 bits per heavy atom. The van der Waals surface area contributed by atoms with Crippen LogP contribution in [0.15, 0.2) is 48.5 Å². The first-order valence-corrected chi connectivity index (χ1v) is 9.07. The van der Waals surface area contributed by atoms with Crippen LogP contribution in [0.3, 0.4) is 0 Å². The highest BCUT2D eigenvalue weighted by Crippen LogP contribution is 2.25. The minimum Gasteiger partial charge on any atom is -0.484 e. The van der Waals surface area contributed by atoms with Crippen LogP contribution in [0.4, 0.5) is 0 Å². The Bertz CT molecular complexity index is 907. The fraction of sp³-hybridized carbons (Fsp3) is 0.300. The van der Waals surface area contributed by atoms with Crippen LogP contribution in [0.5, 0.6) is 5.75 Å². The van der Waals surface area contributed by atoms with Crippen molar-refractivity contribution in [1.82, 2.24) is 14.9 Å². The number of carbonyl (C=O) groups is 1. The number of amides is 1. The Labute approximate surface area is 157 Å². The number of nitrogens with one attached hydrogen (secondary N) is 1. The number of ether oxygens (including phenoxy) is 1. The zero-order valence-corrected chi connectivity index (χ0v) is 15.7. The van der Waals surface area contributed by atoms with Crippen LogP contribution in [0, 0.1) is 0 Å². The number of hydrogen-bond donors (Lipinski definition) is 1. The summed E-state index contributed by atoms with van der Waals surface area (Å²) in [5, 5.41) is 3.54. The molecule has 0 radical (unpaired) electrons. The minimum absolute atomic E-state index is 0.0403. The normalized spacial score (nSPS) is 12.1. The lowest BCUT2D eigenvalue weighted by Gasteiger charge is -2.14. The maximum Gasteiger partial charge on any atom is 0.240 e. The van der Waals surface area contributed by atoms with Crippen molar-refractivity contribution < 1.29 is 9.53 Å². The maximum atomic E-state index is 12.4. The minimum atomic E-state index is -0.0403. The molecule has 6 heteroatoms. The molecule has 0 aliphatic carbocycles. The van der Waals surface area contributed by atoms with Crippen LogP contribution < -0.4 is 10.1 Å². The Morgan fingerprint density at radius 2 is 1.96 bits per heavy atom. The average molecular weight is 372 g/mol. The predicted molar refractivity (Wildman–Crippen MR) is 103 cm³/mol. The Morgan fingerprint density at radius 3 is 2.73 bits per heavy atom. The molecule has 3 aromatic rings. The van der Waals surface area contributed by atoms with E-state index >= 15 is 0 Å². The first-order valence-electron chi connectivity index (χ1n) is 8.69. The molecule has 0 saturated carbocycles. The van der Waals surface area contributed by atoms with Gasteiger partial charge in [0.1, 0.15) is 24.7 Å². The summed E-state index contributed by atoms with van der Waals surface area (Å²) < 4.78 is 7.72. The van der Waals surface area contributed by atoms with Crippen LogP contribution >= 0.6 is 11.6 Å². The number of halogens is 1. The molecule has 1 unspecified atom stereocenters. The molecule has 0 aliphatic rings. The second-order valence-electron chi connectivity index (χ2n) is 6.20. The first kappa shape index (κ1) is 18.3. The Balaban J connectivity index is 1.84. The average Bonchev–Trinajstić information content (AvgIpc) is 2.98. The number of rotatable bonds is 7. The van der Waals surface area contributed by atoms with Crippen molar-refractivity contribution in [1.29, 1.82) is 0 Å². The Kier molecular flexibility index (Phi) is 5.78. The number of carbonyl (C=O) groups excluding carboxylic acids is 1. The third-order valence-electron chi connectivity index (χ3n) is 4.25. The number of aromatic nitrogens is 2. The molecule has 3 rings (SSSR count). The van der Waals surface area contributed by atoms with Gasteiger partial charge in [-0.2, -0.15) is 0 Å². The van der Waals surface area contributed by atoms with Crippen molar-refractivity contribution in [2.75, 3.05) is 0 Å². The predicted octanol–water partition coefficient (Wildman–Crippen LogP) is 4.18. The van der Waals surface area contributed by atoms with Gasteiger partial charge in [0.15, 0.2) is 0 Å². The lowest BCUT2D eigenvalue weighted by Crippen LogP contribution is -2.35. The highest BCUT2D eigenvalue weighted by Gasteiger charge is 2.15. The maximum absolute atomic E-state index is 12.4. The van der Waals surface area contributed by atoms with Crippen molar-refractivity contribution in [2.45, 2.75) is 39.5 Å². The van der Waals surface area contributed by atoms with Gasteiger partial charge >= 0.3 is 0 Å². The molecule has 2 aromatic carbocycles. The molecule has 0 fully saturated rings. The lowest BCUT2D eigenvalue weighted by molar-refractivity contribution is -0.122. The third kappa shape index (κ3) is 4.17. The molecule has 1 amide bonds. The molecule has 0 bridgehead atoms. The summed E-state index contributed by atoms with van der Waals surface area (Å²) in [6, 6.07) is 15.2. The van der Waals surface area contributed by atoms with E-state index in [-0.39, 0.29) is 25.1 Å². The molecule has 136 valence electrons. The highest BCUT2D eigenvalue weighted by atomic mass is 35.5. The first-order chi connectivity index (χ1) is 12.6. The van der Waals surface area contributed by atoms with Crippen LogP contribution in [0.1, 0.15) is 26.1 Å². The van der Waals surface area contributed by atoms with Gasteiger partial charge in [-0.3, -0.25) is 4.79 Å². The van der Waals surface area contributed by atoms with Gasteiger partial charge in [0.05, 0.1) is 16.1 Å². The zero-order valence-electron chi connectivity index (χ0n) is 14.9. The van der Waals surface area contributed by atoms with Gasteiger partial charge in [0.25, 0.3) is 0 Å². The van der Waals surface area contributed by atoms with Gasteiger partial charge in [-0.25, -0.2) is 4.98 Å². The molecule has 5 nitrogen and oxygen atoms in total. The van der Waals surface area contributed by atoms with E-state index in [9.17, 15) is 4.79 Å². The number of imidazole rings is 1. The van der Waals surface area contributed by atoms with Crippen LogP contribution in [0.2, 0.25) is 5.02 Å². The summed E-state index contributed by atoms with van der Waals surface area (Å²) in [5.41, 5.74) is 1.74. The monoisotopic (exact) mass is 371 g/mol. The molecular weight excluding hydrogens is 350 g/mol. The molecule has 0 saturated heterocycles. The van der Waals surface area contributed by atoms with Gasteiger partial charge < -0.3 is 14.6 Å². The molecule has 1 atom stereocenters. The third-order valence-corrected chi connectivity index (χ3v) is 4.56. The number of benzene rings is 2. The second kappa shape index (κ2) is 8.23. The van der Waals surface area contributed by atoms with Crippen LogP contribution in [-0.4, -0.2) is 21.5 Å². The van der Waals surface area contributed by atoms with E-state index in [1.165, 1.54) is 0 Å². The van der Waals surface area contributed by atoms with Crippen LogP contribution in [0.25, 0.3) is 11.0 Å². The Hall–Kier alpha value is -2.53. The molecule has 1 N–H and O–H groups in total. The van der Waals surface area contributed by atoms with Gasteiger partial charge in [-0.05, 0) is 37.6 Å². The summed E-state index contributed by atoms with van der Waals surface area (Å²) in [6.07, 6.45) is 0.888. The van der Waals surface area contributed by atoms with E-state index in [0.717, 1.165) is 17.5 Å². The quantitative estimate of drug-likeness (QED) is 0.677. The fourth-order valence-electron chi connectivity index (χ4n) is 2.68. The summed E-state index contributed by atoms with van der Waals surface area (Å²) >= 11 is 6.15. The van der Waals surface area contributed by atoms with Crippen molar-refractivity contribution >= 4 is 28.5 Å². The summed E-state index contributed by atoms with van der Waals surface area (Å²) in [7, 11) is 0. The van der Waals surface area contributed by atoms with Gasteiger partial charge in [-0.15, -0.1) is 0 Å².